The first-order chi connectivity index (χ1) is 7.33. The molecule has 4 nitrogen and oxygen atoms in total. The van der Waals surface area contributed by atoms with Crippen LogP contribution in [-0.4, -0.2) is 27.6 Å². The Hall–Kier alpha value is -1.13. The molecule has 1 atom stereocenters. The summed E-state index contributed by atoms with van der Waals surface area (Å²) in [5.41, 5.74) is -0.470. The van der Waals surface area contributed by atoms with Gasteiger partial charge in [0.25, 0.3) is 5.91 Å². The second-order valence-corrected chi connectivity index (χ2v) is 4.58. The average Bonchev–Trinajstić information content (AvgIpc) is 2.16. The minimum absolute atomic E-state index is 0.237. The van der Waals surface area contributed by atoms with Gasteiger partial charge >= 0.3 is 0 Å². The van der Waals surface area contributed by atoms with Crippen LogP contribution < -0.4 is 5.32 Å². The van der Waals surface area contributed by atoms with Crippen molar-refractivity contribution in [3.05, 3.63) is 29.0 Å². The van der Waals surface area contributed by atoms with Crippen molar-refractivity contribution in [2.24, 2.45) is 0 Å². The van der Waals surface area contributed by atoms with Gasteiger partial charge in [0.05, 0.1) is 11.6 Å². The predicted octanol–water partition coefficient (Wildman–Crippen LogP) is 1.62. The molecule has 0 spiro atoms. The number of hydrogen-bond acceptors (Lipinski definition) is 3. The molecule has 1 unspecified atom stereocenters. The van der Waals surface area contributed by atoms with Crippen LogP contribution in [0.3, 0.4) is 0 Å². The topological polar surface area (TPSA) is 62.2 Å². The summed E-state index contributed by atoms with van der Waals surface area (Å²) in [7, 11) is 0. The fraction of sp³-hybridized carbons (Fsp3) is 0.455. The number of aliphatic hydroxyl groups excluding tert-OH is 1. The number of carbonyl (C=O) groups excluding carboxylic acids is 1. The van der Waals surface area contributed by atoms with Crippen molar-refractivity contribution in [2.75, 3.05) is 0 Å². The number of aliphatic hydroxyl groups is 1. The van der Waals surface area contributed by atoms with Crippen LogP contribution in [0, 0.1) is 0 Å². The molecule has 1 rings (SSSR count). The Kier molecular flexibility index (Phi) is 3.88. The highest BCUT2D eigenvalue weighted by atomic mass is 35.5. The third-order valence-electron chi connectivity index (χ3n) is 2.43. The van der Waals surface area contributed by atoms with Crippen LogP contribution in [0.2, 0.25) is 5.15 Å². The van der Waals surface area contributed by atoms with Gasteiger partial charge in [0, 0.05) is 0 Å². The summed E-state index contributed by atoms with van der Waals surface area (Å²) in [5.74, 6) is -0.353. The minimum atomic E-state index is -0.707. The van der Waals surface area contributed by atoms with E-state index in [-0.39, 0.29) is 16.8 Å². The summed E-state index contributed by atoms with van der Waals surface area (Å²) in [5, 5.41) is 12.4. The maximum Gasteiger partial charge on any atom is 0.270 e. The zero-order chi connectivity index (χ0) is 12.3. The van der Waals surface area contributed by atoms with E-state index in [0.29, 0.717) is 0 Å². The summed E-state index contributed by atoms with van der Waals surface area (Å²) in [6.45, 7) is 5.09. The van der Waals surface area contributed by atoms with Crippen LogP contribution in [-0.2, 0) is 0 Å². The molecule has 1 aromatic rings. The molecule has 0 fully saturated rings. The Morgan fingerprint density at radius 1 is 1.56 bits per heavy atom. The minimum Gasteiger partial charge on any atom is -0.391 e. The molecule has 0 aliphatic heterocycles. The molecule has 1 amide bonds. The molecule has 0 saturated heterocycles. The monoisotopic (exact) mass is 242 g/mol. The quantitative estimate of drug-likeness (QED) is 0.792. The number of halogens is 1. The van der Waals surface area contributed by atoms with Crippen molar-refractivity contribution in [1.82, 2.24) is 10.3 Å². The lowest BCUT2D eigenvalue weighted by Gasteiger charge is -2.29. The van der Waals surface area contributed by atoms with E-state index < -0.39 is 11.6 Å². The number of rotatable bonds is 3. The molecule has 0 aromatic carbocycles. The van der Waals surface area contributed by atoms with E-state index in [1.807, 2.05) is 0 Å². The summed E-state index contributed by atoms with van der Waals surface area (Å²) < 4.78 is 0. The summed E-state index contributed by atoms with van der Waals surface area (Å²) in [6.07, 6.45) is -0.657. The lowest BCUT2D eigenvalue weighted by molar-refractivity contribution is 0.0705. The van der Waals surface area contributed by atoms with Crippen LogP contribution in [0.15, 0.2) is 18.2 Å². The maximum absolute atomic E-state index is 11.8. The molecule has 1 heterocycles. The standard InChI is InChI=1S/C11H15ClN2O2/c1-7(15)11(2,3)14-10(16)8-5-4-6-9(12)13-8/h4-7,15H,1-3H3,(H,14,16). The van der Waals surface area contributed by atoms with E-state index in [9.17, 15) is 9.90 Å². The number of nitrogens with zero attached hydrogens (tertiary/aromatic N) is 1. The second-order valence-electron chi connectivity index (χ2n) is 4.20. The third-order valence-corrected chi connectivity index (χ3v) is 2.64. The zero-order valence-electron chi connectivity index (χ0n) is 9.49. The predicted molar refractivity (Wildman–Crippen MR) is 62.5 cm³/mol. The molecule has 5 heteroatoms. The van der Waals surface area contributed by atoms with E-state index in [1.54, 1.807) is 39.0 Å². The molecule has 0 aliphatic carbocycles. The number of amides is 1. The number of carbonyl (C=O) groups is 1. The molecule has 0 bridgehead atoms. The van der Waals surface area contributed by atoms with Gasteiger partial charge in [-0.05, 0) is 32.9 Å². The van der Waals surface area contributed by atoms with Crippen LogP contribution in [0.1, 0.15) is 31.3 Å². The Bertz CT molecular complexity index is 391. The maximum atomic E-state index is 11.8. The van der Waals surface area contributed by atoms with E-state index >= 15 is 0 Å². The van der Waals surface area contributed by atoms with Crippen LogP contribution in [0.5, 0.6) is 0 Å². The van der Waals surface area contributed by atoms with Gasteiger partial charge in [-0.25, -0.2) is 4.98 Å². The Morgan fingerprint density at radius 2 is 2.19 bits per heavy atom. The Morgan fingerprint density at radius 3 is 2.69 bits per heavy atom. The van der Waals surface area contributed by atoms with Gasteiger partial charge in [0.15, 0.2) is 0 Å². The van der Waals surface area contributed by atoms with Gasteiger partial charge in [-0.2, -0.15) is 0 Å². The fourth-order valence-corrected chi connectivity index (χ4v) is 1.16. The van der Waals surface area contributed by atoms with Gasteiger partial charge in [0.1, 0.15) is 10.8 Å². The van der Waals surface area contributed by atoms with Crippen LogP contribution in [0.4, 0.5) is 0 Å². The van der Waals surface area contributed by atoms with Gasteiger partial charge in [0.2, 0.25) is 0 Å². The Labute approximate surface area is 99.6 Å². The molecule has 0 aliphatic rings. The number of hydrogen-bond donors (Lipinski definition) is 2. The van der Waals surface area contributed by atoms with Crippen molar-refractivity contribution >= 4 is 17.5 Å². The largest absolute Gasteiger partial charge is 0.391 e. The smallest absolute Gasteiger partial charge is 0.270 e. The molecule has 2 N–H and O–H groups in total. The van der Waals surface area contributed by atoms with Crippen molar-refractivity contribution in [3.63, 3.8) is 0 Å². The van der Waals surface area contributed by atoms with Gasteiger partial charge in [-0.3, -0.25) is 4.79 Å². The van der Waals surface area contributed by atoms with E-state index in [4.69, 9.17) is 11.6 Å². The lowest BCUT2D eigenvalue weighted by Crippen LogP contribution is -2.51. The highest BCUT2D eigenvalue weighted by Crippen LogP contribution is 2.11. The molecule has 0 radical (unpaired) electrons. The lowest BCUT2D eigenvalue weighted by atomic mass is 9.98. The zero-order valence-corrected chi connectivity index (χ0v) is 10.2. The summed E-state index contributed by atoms with van der Waals surface area (Å²) >= 11 is 5.68. The molecule has 88 valence electrons. The summed E-state index contributed by atoms with van der Waals surface area (Å²) in [6, 6.07) is 4.82. The van der Waals surface area contributed by atoms with Crippen molar-refractivity contribution < 1.29 is 9.90 Å². The summed E-state index contributed by atoms with van der Waals surface area (Å²) in [4.78, 5) is 15.7. The van der Waals surface area contributed by atoms with E-state index in [2.05, 4.69) is 10.3 Å². The first-order valence-corrected chi connectivity index (χ1v) is 5.34. The second kappa shape index (κ2) is 4.80. The van der Waals surface area contributed by atoms with Gasteiger partial charge in [-0.1, -0.05) is 17.7 Å². The van der Waals surface area contributed by atoms with Crippen LogP contribution in [0.25, 0.3) is 0 Å². The van der Waals surface area contributed by atoms with E-state index in [1.165, 1.54) is 0 Å². The molecular weight excluding hydrogens is 228 g/mol. The van der Waals surface area contributed by atoms with Crippen molar-refractivity contribution in [2.45, 2.75) is 32.4 Å². The molecule has 16 heavy (non-hydrogen) atoms. The molecule has 1 aromatic heterocycles. The number of aromatic nitrogens is 1. The van der Waals surface area contributed by atoms with Crippen molar-refractivity contribution in [3.8, 4) is 0 Å². The Balaban J connectivity index is 2.81. The van der Waals surface area contributed by atoms with Gasteiger partial charge < -0.3 is 10.4 Å². The first kappa shape index (κ1) is 12.9. The highest BCUT2D eigenvalue weighted by molar-refractivity contribution is 6.29. The average molecular weight is 243 g/mol. The molecular formula is C11H15ClN2O2. The number of nitrogens with one attached hydrogen (secondary N) is 1. The highest BCUT2D eigenvalue weighted by Gasteiger charge is 2.26. The first-order valence-electron chi connectivity index (χ1n) is 4.96. The molecule has 0 saturated carbocycles. The van der Waals surface area contributed by atoms with Crippen LogP contribution >= 0.6 is 11.6 Å². The number of pyridine rings is 1. The fourth-order valence-electron chi connectivity index (χ4n) is 0.996. The SMILES string of the molecule is CC(O)C(C)(C)NC(=O)c1cccc(Cl)n1. The van der Waals surface area contributed by atoms with E-state index in [0.717, 1.165) is 0 Å². The normalized spacial score (nSPS) is 13.3. The third kappa shape index (κ3) is 3.18. The van der Waals surface area contributed by atoms with Crippen molar-refractivity contribution in [1.29, 1.82) is 0 Å². The van der Waals surface area contributed by atoms with Gasteiger partial charge in [-0.15, -0.1) is 0 Å².